The minimum atomic E-state index is -1.55. The van der Waals surface area contributed by atoms with Crippen molar-refractivity contribution >= 4 is 11.7 Å². The largest absolute Gasteiger partial charge is 0.504 e. The maximum atomic E-state index is 10.5. The third-order valence-electron chi connectivity index (χ3n) is 1.54. The quantitative estimate of drug-likeness (QED) is 0.366. The Kier molecular flexibility index (Phi) is 2.24. The van der Waals surface area contributed by atoms with Gasteiger partial charge in [-0.25, -0.2) is 4.79 Å². The summed E-state index contributed by atoms with van der Waals surface area (Å²) in [6.45, 7) is 0. The van der Waals surface area contributed by atoms with Crippen LogP contribution in [0.2, 0.25) is 0 Å². The number of aromatic hydroxyl groups is 2. The van der Waals surface area contributed by atoms with Gasteiger partial charge < -0.3 is 15.3 Å². The first-order chi connectivity index (χ1) is 6.45. The fourth-order valence-electron chi connectivity index (χ4n) is 0.926. The van der Waals surface area contributed by atoms with Gasteiger partial charge in [0, 0.05) is 0 Å². The monoisotopic (exact) mass is 199 g/mol. The lowest BCUT2D eigenvalue weighted by molar-refractivity contribution is -0.386. The molecule has 0 atom stereocenters. The number of nitrogens with zero attached hydrogens (tertiary/aromatic N) is 1. The van der Waals surface area contributed by atoms with Gasteiger partial charge in [-0.15, -0.1) is 0 Å². The highest BCUT2D eigenvalue weighted by Gasteiger charge is 2.26. The Morgan fingerprint density at radius 3 is 2.36 bits per heavy atom. The molecule has 0 amide bonds. The molecule has 0 spiro atoms. The molecule has 1 aromatic carbocycles. The van der Waals surface area contributed by atoms with Gasteiger partial charge >= 0.3 is 11.7 Å². The second-order valence-corrected chi connectivity index (χ2v) is 2.39. The van der Waals surface area contributed by atoms with Crippen LogP contribution in [-0.2, 0) is 0 Å². The van der Waals surface area contributed by atoms with Crippen LogP contribution in [-0.4, -0.2) is 26.2 Å². The zero-order valence-corrected chi connectivity index (χ0v) is 6.67. The Hall–Kier alpha value is -2.31. The molecular weight excluding hydrogens is 194 g/mol. The topological polar surface area (TPSA) is 121 Å². The van der Waals surface area contributed by atoms with E-state index < -0.39 is 33.6 Å². The van der Waals surface area contributed by atoms with E-state index in [1.165, 1.54) is 0 Å². The van der Waals surface area contributed by atoms with Crippen molar-refractivity contribution in [3.05, 3.63) is 27.8 Å². The molecule has 3 N–H and O–H groups in total. The molecule has 0 unspecified atom stereocenters. The van der Waals surface area contributed by atoms with Gasteiger partial charge in [0.05, 0.1) is 4.92 Å². The minimum Gasteiger partial charge on any atom is -0.504 e. The summed E-state index contributed by atoms with van der Waals surface area (Å²) in [4.78, 5) is 19.8. The van der Waals surface area contributed by atoms with Gasteiger partial charge in [0.1, 0.15) is 5.56 Å². The molecule has 0 aliphatic carbocycles. The van der Waals surface area contributed by atoms with Crippen molar-refractivity contribution in [2.75, 3.05) is 0 Å². The molecule has 0 aromatic heterocycles. The van der Waals surface area contributed by atoms with Crippen molar-refractivity contribution in [1.29, 1.82) is 0 Å². The van der Waals surface area contributed by atoms with Gasteiger partial charge in [-0.1, -0.05) is 0 Å². The number of aromatic carboxylic acids is 1. The van der Waals surface area contributed by atoms with Crippen LogP contribution in [0.5, 0.6) is 11.5 Å². The Morgan fingerprint density at radius 1 is 1.36 bits per heavy atom. The third kappa shape index (κ3) is 1.42. The van der Waals surface area contributed by atoms with E-state index in [0.29, 0.717) is 0 Å². The van der Waals surface area contributed by atoms with Crippen LogP contribution in [0.15, 0.2) is 12.1 Å². The fraction of sp³-hybridized carbons (Fsp3) is 0. The van der Waals surface area contributed by atoms with Gasteiger partial charge in [0.2, 0.25) is 5.75 Å². The van der Waals surface area contributed by atoms with Gasteiger partial charge in [-0.05, 0) is 12.1 Å². The summed E-state index contributed by atoms with van der Waals surface area (Å²) >= 11 is 0. The van der Waals surface area contributed by atoms with E-state index in [1.54, 1.807) is 0 Å². The molecule has 0 heterocycles. The highest BCUT2D eigenvalue weighted by Crippen LogP contribution is 2.37. The first-order valence-electron chi connectivity index (χ1n) is 3.37. The molecule has 7 nitrogen and oxygen atoms in total. The molecule has 1 rings (SSSR count). The van der Waals surface area contributed by atoms with E-state index in [1.807, 2.05) is 0 Å². The van der Waals surface area contributed by atoms with Crippen molar-refractivity contribution in [1.82, 2.24) is 0 Å². The summed E-state index contributed by atoms with van der Waals surface area (Å²) in [5.74, 6) is -3.33. The van der Waals surface area contributed by atoms with Crippen LogP contribution in [0.25, 0.3) is 0 Å². The smallest absolute Gasteiger partial charge is 0.342 e. The summed E-state index contributed by atoms with van der Waals surface area (Å²) < 4.78 is 0. The number of carboxylic acid groups (broad SMARTS) is 1. The van der Waals surface area contributed by atoms with Crippen LogP contribution in [0.4, 0.5) is 5.69 Å². The summed E-state index contributed by atoms with van der Waals surface area (Å²) in [6.07, 6.45) is 0. The SMILES string of the molecule is O=C(O)c1ccc(O)c(O)c1[N+](=O)[O-]. The number of carboxylic acids is 1. The number of hydrogen-bond acceptors (Lipinski definition) is 5. The molecule has 0 bridgehead atoms. The normalized spacial score (nSPS) is 9.71. The van der Waals surface area contributed by atoms with E-state index in [0.717, 1.165) is 12.1 Å². The van der Waals surface area contributed by atoms with Crippen molar-refractivity contribution < 1.29 is 25.0 Å². The predicted molar refractivity (Wildman–Crippen MR) is 43.4 cm³/mol. The number of hydrogen-bond donors (Lipinski definition) is 3. The van der Waals surface area contributed by atoms with Gasteiger partial charge in [0.15, 0.2) is 5.75 Å². The number of nitro groups is 1. The standard InChI is InChI=1S/C7H5NO6/c9-4-2-1-3(7(11)12)5(6(4)10)8(13)14/h1-2,9-10H,(H,11,12). The molecule has 0 radical (unpaired) electrons. The van der Waals surface area contributed by atoms with E-state index in [9.17, 15) is 14.9 Å². The maximum Gasteiger partial charge on any atom is 0.342 e. The minimum absolute atomic E-state index is 0.676. The van der Waals surface area contributed by atoms with Crippen molar-refractivity contribution in [3.8, 4) is 11.5 Å². The van der Waals surface area contributed by atoms with Crippen LogP contribution in [0.3, 0.4) is 0 Å². The second kappa shape index (κ2) is 3.21. The molecular formula is C7H5NO6. The zero-order valence-electron chi connectivity index (χ0n) is 6.67. The molecule has 0 saturated carbocycles. The Morgan fingerprint density at radius 2 is 1.93 bits per heavy atom. The summed E-state index contributed by atoms with van der Waals surface area (Å²) in [7, 11) is 0. The van der Waals surface area contributed by atoms with E-state index in [2.05, 4.69) is 0 Å². The lowest BCUT2D eigenvalue weighted by atomic mass is 10.1. The van der Waals surface area contributed by atoms with Gasteiger partial charge in [-0.2, -0.15) is 0 Å². The molecule has 74 valence electrons. The van der Waals surface area contributed by atoms with E-state index in [-0.39, 0.29) is 0 Å². The van der Waals surface area contributed by atoms with Crippen LogP contribution in [0, 0.1) is 10.1 Å². The molecule has 0 saturated heterocycles. The number of phenols is 2. The van der Waals surface area contributed by atoms with Crippen LogP contribution < -0.4 is 0 Å². The third-order valence-corrected chi connectivity index (χ3v) is 1.54. The lowest BCUT2D eigenvalue weighted by Crippen LogP contribution is -2.02. The Bertz CT molecular complexity index is 413. The number of benzene rings is 1. The predicted octanol–water partition coefficient (Wildman–Crippen LogP) is 0.704. The van der Waals surface area contributed by atoms with Crippen LogP contribution >= 0.6 is 0 Å². The Labute approximate surface area is 77.0 Å². The molecule has 0 aliphatic heterocycles. The first-order valence-corrected chi connectivity index (χ1v) is 3.37. The molecule has 0 aliphatic rings. The highest BCUT2D eigenvalue weighted by molar-refractivity contribution is 5.94. The van der Waals surface area contributed by atoms with Crippen molar-refractivity contribution in [2.24, 2.45) is 0 Å². The van der Waals surface area contributed by atoms with E-state index >= 15 is 0 Å². The maximum absolute atomic E-state index is 10.5. The average Bonchev–Trinajstić information content (AvgIpc) is 2.08. The number of phenolic OH excluding ortho intramolecular Hbond substituents is 2. The summed E-state index contributed by atoms with van der Waals surface area (Å²) in [5.41, 5.74) is -1.69. The lowest BCUT2D eigenvalue weighted by Gasteiger charge is -2.01. The highest BCUT2D eigenvalue weighted by atomic mass is 16.6. The second-order valence-electron chi connectivity index (χ2n) is 2.39. The molecule has 1 aromatic rings. The van der Waals surface area contributed by atoms with Gasteiger partial charge in [0.25, 0.3) is 0 Å². The molecule has 0 fully saturated rings. The van der Waals surface area contributed by atoms with Gasteiger partial charge in [-0.3, -0.25) is 10.1 Å². The molecule has 14 heavy (non-hydrogen) atoms. The zero-order chi connectivity index (χ0) is 10.9. The average molecular weight is 199 g/mol. The van der Waals surface area contributed by atoms with E-state index in [4.69, 9.17) is 15.3 Å². The number of rotatable bonds is 2. The molecule has 7 heteroatoms. The summed E-state index contributed by atoms with van der Waals surface area (Å²) in [5, 5.41) is 36.9. The number of nitro benzene ring substituents is 1. The number of carbonyl (C=O) groups is 1. The first kappa shape index (κ1) is 9.78. The fourth-order valence-corrected chi connectivity index (χ4v) is 0.926. The summed E-state index contributed by atoms with van der Waals surface area (Å²) in [6, 6.07) is 1.71. The van der Waals surface area contributed by atoms with Crippen molar-refractivity contribution in [2.45, 2.75) is 0 Å². The Balaban J connectivity index is 3.53. The van der Waals surface area contributed by atoms with Crippen molar-refractivity contribution in [3.63, 3.8) is 0 Å². The van der Waals surface area contributed by atoms with Crippen LogP contribution in [0.1, 0.15) is 10.4 Å².